The fraction of sp³-hybridized carbons (Fsp3) is 0.364. The van der Waals surface area contributed by atoms with Crippen LogP contribution in [0.15, 0.2) is 24.3 Å². The molecule has 0 fully saturated rings. The summed E-state index contributed by atoms with van der Waals surface area (Å²) in [6, 6.07) is 7.87. The number of rotatable bonds is 1. The third-order valence-electron chi connectivity index (χ3n) is 2.29. The van der Waals surface area contributed by atoms with Crippen molar-refractivity contribution in [1.29, 1.82) is 0 Å². The van der Waals surface area contributed by atoms with Gasteiger partial charge in [0.05, 0.1) is 0 Å². The Balaban J connectivity index is 2.28. The van der Waals surface area contributed by atoms with Gasteiger partial charge in [0.25, 0.3) is 0 Å². The normalized spacial score (nSPS) is 21.1. The average Bonchev–Trinajstić information content (AvgIpc) is 2.38. The van der Waals surface area contributed by atoms with E-state index in [1.165, 1.54) is 5.56 Å². The largest absolute Gasteiger partial charge is 0.482 e. The van der Waals surface area contributed by atoms with Crippen molar-refractivity contribution < 1.29 is 9.53 Å². The molecule has 0 spiro atoms. The first-order chi connectivity index (χ1) is 6.40. The Morgan fingerprint density at radius 3 is 3.08 bits per heavy atom. The Morgan fingerprint density at radius 1 is 1.38 bits per heavy atom. The summed E-state index contributed by atoms with van der Waals surface area (Å²) < 4.78 is 5.48. The highest BCUT2D eigenvalue weighted by Gasteiger charge is 2.16. The van der Waals surface area contributed by atoms with Crippen LogP contribution in [0.2, 0.25) is 0 Å². The molecule has 1 aliphatic rings. The summed E-state index contributed by atoms with van der Waals surface area (Å²) in [6.45, 7) is 0. The third-order valence-corrected chi connectivity index (χ3v) is 2.29. The van der Waals surface area contributed by atoms with Crippen molar-refractivity contribution >= 4 is 6.29 Å². The van der Waals surface area contributed by atoms with E-state index in [1.54, 1.807) is 0 Å². The van der Waals surface area contributed by atoms with Gasteiger partial charge in [-0.1, -0.05) is 18.2 Å². The zero-order valence-electron chi connectivity index (χ0n) is 7.32. The molecule has 1 aromatic rings. The predicted octanol–water partition coefficient (Wildman–Crippen LogP) is 1.88. The summed E-state index contributed by atoms with van der Waals surface area (Å²) in [7, 11) is 0. The molecule has 1 aromatic carbocycles. The van der Waals surface area contributed by atoms with Crippen LogP contribution < -0.4 is 4.74 Å². The molecule has 0 N–H and O–H groups in total. The number of fused-ring (bicyclic) bond motifs is 1. The molecule has 0 bridgehead atoms. The lowest BCUT2D eigenvalue weighted by Crippen LogP contribution is -2.16. The molecule has 0 saturated carbocycles. The Morgan fingerprint density at radius 2 is 2.23 bits per heavy atom. The second-order valence-electron chi connectivity index (χ2n) is 3.22. The summed E-state index contributed by atoms with van der Waals surface area (Å²) in [5.41, 5.74) is 1.19. The highest BCUT2D eigenvalue weighted by molar-refractivity contribution is 5.58. The maximum absolute atomic E-state index is 10.5. The van der Waals surface area contributed by atoms with Crippen molar-refractivity contribution in [3.8, 4) is 5.75 Å². The highest BCUT2D eigenvalue weighted by atomic mass is 16.5. The Labute approximate surface area is 77.5 Å². The smallest absolute Gasteiger partial charge is 0.242 e. The molecular weight excluding hydrogens is 164 g/mol. The number of carbonyl (C=O) groups excluding carboxylic acids is 1. The van der Waals surface area contributed by atoms with Crippen molar-refractivity contribution in [3.63, 3.8) is 0 Å². The highest BCUT2D eigenvalue weighted by Crippen LogP contribution is 2.25. The number of hydrogen-bond donors (Lipinski definition) is 0. The van der Waals surface area contributed by atoms with Crippen LogP contribution in [0.25, 0.3) is 0 Å². The van der Waals surface area contributed by atoms with Gasteiger partial charge in [-0.2, -0.15) is 0 Å². The second kappa shape index (κ2) is 3.60. The van der Waals surface area contributed by atoms with Gasteiger partial charge in [-0.25, -0.2) is 0 Å². The van der Waals surface area contributed by atoms with E-state index in [1.807, 2.05) is 30.6 Å². The maximum atomic E-state index is 10.5. The Hall–Kier alpha value is -1.31. The van der Waals surface area contributed by atoms with Crippen molar-refractivity contribution in [3.05, 3.63) is 29.8 Å². The predicted molar refractivity (Wildman–Crippen MR) is 49.5 cm³/mol. The van der Waals surface area contributed by atoms with E-state index in [0.29, 0.717) is 0 Å². The molecule has 0 amide bonds. The molecular formula is C11H11O2. The Bertz CT molecular complexity index is 307. The second-order valence-corrected chi connectivity index (χ2v) is 3.22. The zero-order chi connectivity index (χ0) is 9.10. The van der Waals surface area contributed by atoms with E-state index in [2.05, 4.69) is 0 Å². The molecule has 1 aliphatic heterocycles. The molecule has 0 aliphatic carbocycles. The van der Waals surface area contributed by atoms with Crippen LogP contribution in [0.5, 0.6) is 5.75 Å². The monoisotopic (exact) mass is 175 g/mol. The molecule has 2 nitrogen and oxygen atoms in total. The van der Waals surface area contributed by atoms with Gasteiger partial charge in [0.2, 0.25) is 6.29 Å². The van der Waals surface area contributed by atoms with Crippen LogP contribution in [0.3, 0.4) is 0 Å². The molecule has 1 heterocycles. The van der Waals surface area contributed by atoms with E-state index in [4.69, 9.17) is 4.74 Å². The first-order valence-corrected chi connectivity index (χ1v) is 4.52. The van der Waals surface area contributed by atoms with Crippen LogP contribution in [0.4, 0.5) is 0 Å². The van der Waals surface area contributed by atoms with Crippen LogP contribution in [-0.2, 0) is 11.2 Å². The topological polar surface area (TPSA) is 26.3 Å². The van der Waals surface area contributed by atoms with Crippen molar-refractivity contribution in [2.24, 2.45) is 0 Å². The summed E-state index contributed by atoms with van der Waals surface area (Å²) in [5.74, 6) is 0.841. The van der Waals surface area contributed by atoms with Gasteiger partial charge in [-0.3, -0.25) is 4.79 Å². The van der Waals surface area contributed by atoms with E-state index in [-0.39, 0.29) is 6.10 Å². The molecule has 2 rings (SSSR count). The number of benzene rings is 1. The number of para-hydroxylation sites is 1. The van der Waals surface area contributed by atoms with Gasteiger partial charge in [0.1, 0.15) is 5.75 Å². The average molecular weight is 175 g/mol. The minimum absolute atomic E-state index is 0.372. The van der Waals surface area contributed by atoms with Crippen molar-refractivity contribution in [2.45, 2.75) is 25.4 Å². The van der Waals surface area contributed by atoms with Crippen LogP contribution in [-0.4, -0.2) is 12.4 Å². The van der Waals surface area contributed by atoms with Crippen LogP contribution in [0, 0.1) is 0 Å². The summed E-state index contributed by atoms with van der Waals surface area (Å²) in [4.78, 5) is 10.5. The van der Waals surface area contributed by atoms with Crippen molar-refractivity contribution in [1.82, 2.24) is 0 Å². The number of hydrogen-bond acceptors (Lipinski definition) is 2. The Kier molecular flexibility index (Phi) is 2.30. The van der Waals surface area contributed by atoms with Gasteiger partial charge >= 0.3 is 0 Å². The molecule has 0 saturated heterocycles. The lowest BCUT2D eigenvalue weighted by atomic mass is 10.1. The summed E-state index contributed by atoms with van der Waals surface area (Å²) in [6.07, 6.45) is 4.31. The van der Waals surface area contributed by atoms with E-state index < -0.39 is 0 Å². The molecule has 1 unspecified atom stereocenters. The van der Waals surface area contributed by atoms with Gasteiger partial charge in [0, 0.05) is 0 Å². The lowest BCUT2D eigenvalue weighted by molar-refractivity contribution is 0.254. The maximum Gasteiger partial charge on any atom is 0.242 e. The first kappa shape index (κ1) is 8.30. The number of ether oxygens (including phenoxy) is 1. The first-order valence-electron chi connectivity index (χ1n) is 4.52. The van der Waals surface area contributed by atoms with Gasteiger partial charge in [0.15, 0.2) is 6.10 Å². The quantitative estimate of drug-likeness (QED) is 0.651. The lowest BCUT2D eigenvalue weighted by Gasteiger charge is -2.09. The fourth-order valence-electron chi connectivity index (χ4n) is 1.60. The zero-order valence-corrected chi connectivity index (χ0v) is 7.32. The molecule has 67 valence electrons. The summed E-state index contributed by atoms with van der Waals surface area (Å²) >= 11 is 0. The van der Waals surface area contributed by atoms with E-state index in [9.17, 15) is 4.79 Å². The van der Waals surface area contributed by atoms with Crippen LogP contribution >= 0.6 is 0 Å². The fourth-order valence-corrected chi connectivity index (χ4v) is 1.60. The van der Waals surface area contributed by atoms with Gasteiger partial charge in [-0.15, -0.1) is 0 Å². The molecule has 1 atom stereocenters. The summed E-state index contributed by atoms with van der Waals surface area (Å²) in [5, 5.41) is 0. The van der Waals surface area contributed by atoms with Gasteiger partial charge in [-0.05, 0) is 30.9 Å². The van der Waals surface area contributed by atoms with E-state index in [0.717, 1.165) is 25.0 Å². The molecule has 1 radical (unpaired) electrons. The van der Waals surface area contributed by atoms with Crippen LogP contribution in [0.1, 0.15) is 18.4 Å². The standard InChI is InChI=1S/C11H11O2/c12-8-10-6-3-5-9-4-1-2-7-11(9)13-10/h1-2,4,7,10H,3,5-6H2. The van der Waals surface area contributed by atoms with E-state index >= 15 is 0 Å². The van der Waals surface area contributed by atoms with Gasteiger partial charge < -0.3 is 4.74 Å². The number of aryl methyl sites for hydroxylation is 1. The molecule has 13 heavy (non-hydrogen) atoms. The van der Waals surface area contributed by atoms with Crippen molar-refractivity contribution in [2.75, 3.05) is 0 Å². The third kappa shape index (κ3) is 1.72. The minimum Gasteiger partial charge on any atom is -0.482 e. The minimum atomic E-state index is -0.372. The molecule has 0 aromatic heterocycles. The molecule has 2 heteroatoms. The SMILES string of the molecule is O=[C]C1CCCc2ccccc2O1.